The summed E-state index contributed by atoms with van der Waals surface area (Å²) >= 11 is 5.90. The lowest BCUT2D eigenvalue weighted by Crippen LogP contribution is -2.14. The van der Waals surface area contributed by atoms with Gasteiger partial charge in [0.25, 0.3) is 0 Å². The molecule has 1 N–H and O–H groups in total. The van der Waals surface area contributed by atoms with Crippen LogP contribution in [0.1, 0.15) is 52.9 Å². The number of halogens is 4. The molecule has 1 fully saturated rings. The van der Waals surface area contributed by atoms with E-state index in [1.807, 2.05) is 23.6 Å². The maximum absolute atomic E-state index is 13.6. The quantitative estimate of drug-likeness (QED) is 0.352. The van der Waals surface area contributed by atoms with Crippen LogP contribution < -0.4 is 0 Å². The zero-order valence-corrected chi connectivity index (χ0v) is 19.1. The maximum Gasteiger partial charge on any atom is 0.417 e. The fourth-order valence-corrected chi connectivity index (χ4v) is 5.45. The molecule has 172 valence electrons. The summed E-state index contributed by atoms with van der Waals surface area (Å²) in [6.45, 7) is 1.85. The van der Waals surface area contributed by atoms with Gasteiger partial charge in [-0.15, -0.1) is 0 Å². The average Bonchev–Trinajstić information content (AvgIpc) is 3.37. The maximum atomic E-state index is 13.6. The topological polar surface area (TPSA) is 54.0 Å². The van der Waals surface area contributed by atoms with Crippen LogP contribution in [0.5, 0.6) is 0 Å². The van der Waals surface area contributed by atoms with Crippen LogP contribution in [0.15, 0.2) is 48.8 Å². The Morgan fingerprint density at radius 2 is 1.88 bits per heavy atom. The number of hydrogen-bond acceptors (Lipinski definition) is 3. The number of nitrogens with zero attached hydrogens (tertiary/aromatic N) is 3. The van der Waals surface area contributed by atoms with Crippen LogP contribution in [0.3, 0.4) is 0 Å². The predicted molar refractivity (Wildman–Crippen MR) is 125 cm³/mol. The van der Waals surface area contributed by atoms with Gasteiger partial charge >= 0.3 is 6.18 Å². The highest BCUT2D eigenvalue weighted by Gasteiger charge is 2.50. The Balaban J connectivity index is 1.60. The predicted octanol–water partition coefficient (Wildman–Crippen LogP) is 6.77. The van der Waals surface area contributed by atoms with Gasteiger partial charge in [0.2, 0.25) is 0 Å². The minimum Gasteiger partial charge on any atom is -0.305 e. The van der Waals surface area contributed by atoms with E-state index in [0.29, 0.717) is 28.3 Å². The molecule has 2 aromatic carbocycles. The van der Waals surface area contributed by atoms with Gasteiger partial charge in [0.15, 0.2) is 5.65 Å². The fraction of sp³-hybridized carbons (Fsp3) is 0.269. The first-order valence-corrected chi connectivity index (χ1v) is 11.5. The largest absolute Gasteiger partial charge is 0.417 e. The van der Waals surface area contributed by atoms with Crippen molar-refractivity contribution in [2.24, 2.45) is 0 Å². The minimum atomic E-state index is -4.56. The number of aryl methyl sites for hydroxylation is 2. The summed E-state index contributed by atoms with van der Waals surface area (Å²) in [6, 6.07) is 10.2. The molecule has 2 aromatic heterocycles. The number of alkyl halides is 3. The summed E-state index contributed by atoms with van der Waals surface area (Å²) < 4.78 is 42.9. The van der Waals surface area contributed by atoms with Crippen LogP contribution in [-0.2, 0) is 18.0 Å². The Morgan fingerprint density at radius 3 is 2.62 bits per heavy atom. The van der Waals surface area contributed by atoms with Crippen molar-refractivity contribution in [2.45, 2.75) is 44.2 Å². The number of fused-ring (bicyclic) bond motifs is 2. The SMILES string of the molecule is Cc1nccn2c(C3(c4ccc5c(c4)CCC5=N)CC3)c(-c3ccc(Cl)c(C(F)(F)F)c3)nc12. The van der Waals surface area contributed by atoms with E-state index in [2.05, 4.69) is 17.1 Å². The highest BCUT2D eigenvalue weighted by Crippen LogP contribution is 2.56. The Morgan fingerprint density at radius 1 is 1.09 bits per heavy atom. The van der Waals surface area contributed by atoms with Gasteiger partial charge < -0.3 is 5.41 Å². The molecule has 34 heavy (non-hydrogen) atoms. The van der Waals surface area contributed by atoms with E-state index in [4.69, 9.17) is 22.0 Å². The molecule has 4 nitrogen and oxygen atoms in total. The molecular formula is C26H20ClF3N4. The normalized spacial score (nSPS) is 16.8. The van der Waals surface area contributed by atoms with Crippen molar-refractivity contribution in [3.63, 3.8) is 0 Å². The Bertz CT molecular complexity index is 1500. The molecule has 0 atom stereocenters. The number of hydrogen-bond donors (Lipinski definition) is 1. The minimum absolute atomic E-state index is 0.332. The molecule has 8 heteroatoms. The third-order valence-corrected chi connectivity index (χ3v) is 7.42. The van der Waals surface area contributed by atoms with Crippen molar-refractivity contribution in [3.05, 3.63) is 87.5 Å². The molecule has 0 radical (unpaired) electrons. The van der Waals surface area contributed by atoms with Crippen LogP contribution in [0, 0.1) is 12.3 Å². The molecule has 0 amide bonds. The second-order valence-corrected chi connectivity index (χ2v) is 9.55. The van der Waals surface area contributed by atoms with Crippen LogP contribution in [0.25, 0.3) is 16.9 Å². The van der Waals surface area contributed by atoms with Crippen molar-refractivity contribution in [1.82, 2.24) is 14.4 Å². The summed E-state index contributed by atoms with van der Waals surface area (Å²) in [5.74, 6) is 0. The molecule has 2 aliphatic rings. The van der Waals surface area contributed by atoms with E-state index in [0.717, 1.165) is 54.1 Å². The van der Waals surface area contributed by atoms with Crippen molar-refractivity contribution in [3.8, 4) is 11.3 Å². The van der Waals surface area contributed by atoms with Gasteiger partial charge in [-0.05, 0) is 61.4 Å². The number of nitrogens with one attached hydrogen (secondary N) is 1. The molecule has 0 saturated heterocycles. The van der Waals surface area contributed by atoms with E-state index in [1.54, 1.807) is 12.3 Å². The van der Waals surface area contributed by atoms with E-state index < -0.39 is 11.7 Å². The average molecular weight is 481 g/mol. The summed E-state index contributed by atoms with van der Waals surface area (Å²) in [6.07, 6.45) is 2.27. The van der Waals surface area contributed by atoms with Gasteiger partial charge in [-0.1, -0.05) is 35.9 Å². The number of imidazole rings is 1. The highest BCUT2D eigenvalue weighted by molar-refractivity contribution is 6.31. The van der Waals surface area contributed by atoms with Gasteiger partial charge in [-0.3, -0.25) is 9.38 Å². The van der Waals surface area contributed by atoms with Gasteiger partial charge in [0.1, 0.15) is 0 Å². The third kappa shape index (κ3) is 3.10. The molecule has 2 heterocycles. The van der Waals surface area contributed by atoms with Gasteiger partial charge in [-0.2, -0.15) is 13.2 Å². The zero-order chi connectivity index (χ0) is 23.8. The van der Waals surface area contributed by atoms with Gasteiger partial charge in [-0.25, -0.2) is 4.98 Å². The van der Waals surface area contributed by atoms with Crippen LogP contribution in [0.4, 0.5) is 13.2 Å². The smallest absolute Gasteiger partial charge is 0.305 e. The molecule has 6 rings (SSSR count). The van der Waals surface area contributed by atoms with E-state index in [-0.39, 0.29) is 10.4 Å². The monoisotopic (exact) mass is 480 g/mol. The molecule has 0 unspecified atom stereocenters. The Hall–Kier alpha value is -3.19. The molecule has 2 aliphatic carbocycles. The third-order valence-electron chi connectivity index (χ3n) is 7.09. The summed E-state index contributed by atoms with van der Waals surface area (Å²) in [7, 11) is 0. The fourth-order valence-electron chi connectivity index (χ4n) is 5.23. The first kappa shape index (κ1) is 21.4. The zero-order valence-electron chi connectivity index (χ0n) is 18.3. The molecule has 0 aliphatic heterocycles. The van der Waals surface area contributed by atoms with Gasteiger partial charge in [0, 0.05) is 29.1 Å². The van der Waals surface area contributed by atoms with Crippen LogP contribution in [0.2, 0.25) is 5.02 Å². The molecule has 4 aromatic rings. The summed E-state index contributed by atoms with van der Waals surface area (Å²) in [5, 5.41) is 7.82. The first-order chi connectivity index (χ1) is 16.2. The first-order valence-electron chi connectivity index (χ1n) is 11.1. The van der Waals surface area contributed by atoms with Crippen molar-refractivity contribution in [2.75, 3.05) is 0 Å². The molecular weight excluding hydrogens is 461 g/mol. The van der Waals surface area contributed by atoms with Crippen molar-refractivity contribution in [1.29, 1.82) is 5.41 Å². The molecule has 0 spiro atoms. The lowest BCUT2D eigenvalue weighted by molar-refractivity contribution is -0.137. The second kappa shape index (κ2) is 7.15. The van der Waals surface area contributed by atoms with Crippen LogP contribution >= 0.6 is 11.6 Å². The summed E-state index contributed by atoms with van der Waals surface area (Å²) in [5.41, 5.74) is 5.80. The molecule has 1 saturated carbocycles. The summed E-state index contributed by atoms with van der Waals surface area (Å²) in [4.78, 5) is 9.16. The number of rotatable bonds is 3. The molecule has 0 bridgehead atoms. The lowest BCUT2D eigenvalue weighted by Gasteiger charge is -2.20. The van der Waals surface area contributed by atoms with E-state index in [9.17, 15) is 13.2 Å². The van der Waals surface area contributed by atoms with Crippen LogP contribution in [-0.4, -0.2) is 20.1 Å². The highest BCUT2D eigenvalue weighted by atomic mass is 35.5. The Kier molecular flexibility index (Phi) is 4.49. The number of aromatic nitrogens is 3. The number of benzene rings is 2. The lowest BCUT2D eigenvalue weighted by atomic mass is 9.87. The van der Waals surface area contributed by atoms with E-state index >= 15 is 0 Å². The van der Waals surface area contributed by atoms with Crippen molar-refractivity contribution < 1.29 is 13.2 Å². The second-order valence-electron chi connectivity index (χ2n) is 9.14. The standard InChI is InChI=1S/C26H20ClF3N4/c1-14-24-33-22(16-2-6-20(27)19(13-16)26(28,29)30)23(34(24)11-10-32-14)25(8-9-25)17-4-5-18-15(12-17)3-7-21(18)31/h2,4-6,10-13,31H,3,7-9H2,1H3. The van der Waals surface area contributed by atoms with Crippen molar-refractivity contribution >= 4 is 23.0 Å². The van der Waals surface area contributed by atoms with E-state index in [1.165, 1.54) is 6.07 Å². The Labute approximate surface area is 198 Å². The van der Waals surface area contributed by atoms with Gasteiger partial charge in [0.05, 0.1) is 27.7 Å².